The van der Waals surface area contributed by atoms with Crippen molar-refractivity contribution in [3.05, 3.63) is 29.8 Å². The van der Waals surface area contributed by atoms with Gasteiger partial charge in [0.1, 0.15) is 5.75 Å². The van der Waals surface area contributed by atoms with Crippen LogP contribution in [0.25, 0.3) is 0 Å². The van der Waals surface area contributed by atoms with Crippen LogP contribution in [0.4, 0.5) is 13.2 Å². The van der Waals surface area contributed by atoms with Crippen LogP contribution in [0.15, 0.2) is 24.3 Å². The Hall–Kier alpha value is -1.23. The van der Waals surface area contributed by atoms with E-state index in [0.717, 1.165) is 31.2 Å². The molecule has 0 heterocycles. The van der Waals surface area contributed by atoms with E-state index in [4.69, 9.17) is 0 Å². The second kappa shape index (κ2) is 5.18. The predicted molar refractivity (Wildman–Crippen MR) is 60.3 cm³/mol. The zero-order chi connectivity index (χ0) is 13.2. The SMILES string of the molecule is O[C@H]1CCCC[C@@H]1c1ccc(OC(F)(F)F)cc1. The first-order chi connectivity index (χ1) is 8.46. The Bertz CT molecular complexity index is 386. The van der Waals surface area contributed by atoms with Crippen molar-refractivity contribution < 1.29 is 23.0 Å². The molecule has 1 aromatic rings. The Balaban J connectivity index is 2.07. The van der Waals surface area contributed by atoms with Crippen molar-refractivity contribution in [3.63, 3.8) is 0 Å². The van der Waals surface area contributed by atoms with Crippen LogP contribution >= 0.6 is 0 Å². The number of ether oxygens (including phenoxy) is 1. The molecular weight excluding hydrogens is 245 g/mol. The van der Waals surface area contributed by atoms with E-state index in [2.05, 4.69) is 4.74 Å². The third kappa shape index (κ3) is 3.38. The van der Waals surface area contributed by atoms with E-state index in [1.807, 2.05) is 0 Å². The molecule has 1 aliphatic rings. The number of hydrogen-bond acceptors (Lipinski definition) is 2. The topological polar surface area (TPSA) is 29.5 Å². The minimum atomic E-state index is -4.66. The molecular formula is C13H15F3O2. The first-order valence-electron chi connectivity index (χ1n) is 5.99. The molecule has 0 amide bonds. The van der Waals surface area contributed by atoms with Gasteiger partial charge in [0.15, 0.2) is 0 Å². The zero-order valence-electron chi connectivity index (χ0n) is 9.78. The highest BCUT2D eigenvalue weighted by molar-refractivity contribution is 5.30. The zero-order valence-corrected chi connectivity index (χ0v) is 9.78. The van der Waals surface area contributed by atoms with E-state index in [9.17, 15) is 18.3 Å². The summed E-state index contributed by atoms with van der Waals surface area (Å²) in [5.41, 5.74) is 0.872. The average Bonchev–Trinajstić information content (AvgIpc) is 2.29. The molecule has 18 heavy (non-hydrogen) atoms. The lowest BCUT2D eigenvalue weighted by Crippen LogP contribution is -2.22. The number of aliphatic hydroxyl groups excluding tert-OH is 1. The fourth-order valence-corrected chi connectivity index (χ4v) is 2.42. The smallest absolute Gasteiger partial charge is 0.406 e. The van der Waals surface area contributed by atoms with E-state index in [1.54, 1.807) is 12.1 Å². The largest absolute Gasteiger partial charge is 0.573 e. The highest BCUT2D eigenvalue weighted by atomic mass is 19.4. The highest BCUT2D eigenvalue weighted by Gasteiger charge is 2.31. The van der Waals surface area contributed by atoms with Crippen LogP contribution in [0.1, 0.15) is 37.2 Å². The van der Waals surface area contributed by atoms with E-state index in [1.165, 1.54) is 12.1 Å². The predicted octanol–water partition coefficient (Wildman–Crippen LogP) is 3.60. The molecule has 2 rings (SSSR count). The monoisotopic (exact) mass is 260 g/mol. The maximum Gasteiger partial charge on any atom is 0.573 e. The van der Waals surface area contributed by atoms with Crippen LogP contribution in [0.5, 0.6) is 5.75 Å². The molecule has 0 radical (unpaired) electrons. The molecule has 0 aromatic heterocycles. The first-order valence-corrected chi connectivity index (χ1v) is 5.99. The van der Waals surface area contributed by atoms with Crippen LogP contribution < -0.4 is 4.74 Å². The lowest BCUT2D eigenvalue weighted by molar-refractivity contribution is -0.274. The molecule has 1 saturated carbocycles. The number of hydrogen-bond donors (Lipinski definition) is 1. The Morgan fingerprint density at radius 3 is 2.22 bits per heavy atom. The molecule has 2 atom stereocenters. The highest BCUT2D eigenvalue weighted by Crippen LogP contribution is 2.34. The number of rotatable bonds is 2. The van der Waals surface area contributed by atoms with Crippen molar-refractivity contribution in [2.45, 2.75) is 44.1 Å². The number of aliphatic hydroxyl groups is 1. The summed E-state index contributed by atoms with van der Waals surface area (Å²) in [4.78, 5) is 0. The Labute approximate surface area is 103 Å². The third-order valence-electron chi connectivity index (χ3n) is 3.27. The van der Waals surface area contributed by atoms with Crippen molar-refractivity contribution >= 4 is 0 Å². The van der Waals surface area contributed by atoms with Crippen LogP contribution in [0, 0.1) is 0 Å². The number of alkyl halides is 3. The molecule has 1 aromatic carbocycles. The second-order valence-electron chi connectivity index (χ2n) is 4.58. The van der Waals surface area contributed by atoms with Gasteiger partial charge in [-0.05, 0) is 30.5 Å². The number of halogens is 3. The fraction of sp³-hybridized carbons (Fsp3) is 0.538. The standard InChI is InChI=1S/C13H15F3O2/c14-13(15,16)18-10-7-5-9(6-8-10)11-3-1-2-4-12(11)17/h5-8,11-12,17H,1-4H2/t11-,12+/m1/s1. The molecule has 0 bridgehead atoms. The van der Waals surface area contributed by atoms with Crippen molar-refractivity contribution in [1.29, 1.82) is 0 Å². The molecule has 0 unspecified atom stereocenters. The quantitative estimate of drug-likeness (QED) is 0.880. The van der Waals surface area contributed by atoms with E-state index in [-0.39, 0.29) is 11.7 Å². The van der Waals surface area contributed by atoms with Crippen molar-refractivity contribution in [2.75, 3.05) is 0 Å². The van der Waals surface area contributed by atoms with Gasteiger partial charge in [-0.2, -0.15) is 0 Å². The lowest BCUT2D eigenvalue weighted by Gasteiger charge is -2.28. The molecule has 2 nitrogen and oxygen atoms in total. The van der Waals surface area contributed by atoms with Gasteiger partial charge in [0, 0.05) is 5.92 Å². The Morgan fingerprint density at radius 2 is 1.67 bits per heavy atom. The van der Waals surface area contributed by atoms with Crippen molar-refractivity contribution in [3.8, 4) is 5.75 Å². The second-order valence-corrected chi connectivity index (χ2v) is 4.58. The van der Waals surface area contributed by atoms with E-state index >= 15 is 0 Å². The summed E-state index contributed by atoms with van der Waals surface area (Å²) in [6.07, 6.45) is -1.37. The third-order valence-corrected chi connectivity index (χ3v) is 3.27. The number of benzene rings is 1. The molecule has 100 valence electrons. The van der Waals surface area contributed by atoms with Crippen molar-refractivity contribution in [1.82, 2.24) is 0 Å². The molecule has 1 fully saturated rings. The van der Waals surface area contributed by atoms with Gasteiger partial charge >= 0.3 is 6.36 Å². The Morgan fingerprint density at radius 1 is 1.06 bits per heavy atom. The van der Waals surface area contributed by atoms with Gasteiger partial charge in [-0.15, -0.1) is 13.2 Å². The summed E-state index contributed by atoms with van der Waals surface area (Å²) in [5, 5.41) is 9.87. The van der Waals surface area contributed by atoms with Gasteiger partial charge in [-0.3, -0.25) is 0 Å². The van der Waals surface area contributed by atoms with Crippen molar-refractivity contribution in [2.24, 2.45) is 0 Å². The van der Waals surface area contributed by atoms with Crippen LogP contribution in [0.2, 0.25) is 0 Å². The van der Waals surface area contributed by atoms with Crippen LogP contribution in [-0.4, -0.2) is 17.6 Å². The summed E-state index contributed by atoms with van der Waals surface area (Å²) in [6.45, 7) is 0. The lowest BCUT2D eigenvalue weighted by atomic mass is 9.82. The minimum absolute atomic E-state index is 0.0266. The minimum Gasteiger partial charge on any atom is -0.406 e. The van der Waals surface area contributed by atoms with Gasteiger partial charge in [-0.25, -0.2) is 0 Å². The fourth-order valence-electron chi connectivity index (χ4n) is 2.42. The molecule has 0 spiro atoms. The van der Waals surface area contributed by atoms with E-state index < -0.39 is 12.5 Å². The molecule has 0 aliphatic heterocycles. The summed E-state index contributed by atoms with van der Waals surface area (Å²) >= 11 is 0. The van der Waals surface area contributed by atoms with Crippen LogP contribution in [-0.2, 0) is 0 Å². The summed E-state index contributed by atoms with van der Waals surface area (Å²) in [6, 6.07) is 5.79. The maximum atomic E-state index is 12.0. The van der Waals surface area contributed by atoms with Crippen LogP contribution in [0.3, 0.4) is 0 Å². The van der Waals surface area contributed by atoms with E-state index in [0.29, 0.717) is 0 Å². The summed E-state index contributed by atoms with van der Waals surface area (Å²) in [7, 11) is 0. The summed E-state index contributed by atoms with van der Waals surface area (Å²) in [5.74, 6) is -0.199. The molecule has 5 heteroatoms. The average molecular weight is 260 g/mol. The normalized spacial score (nSPS) is 24.9. The first kappa shape index (κ1) is 13.2. The van der Waals surface area contributed by atoms with Gasteiger partial charge in [0.2, 0.25) is 0 Å². The molecule has 1 aliphatic carbocycles. The molecule has 0 saturated heterocycles. The Kier molecular flexibility index (Phi) is 3.80. The summed E-state index contributed by atoms with van der Waals surface area (Å²) < 4.78 is 39.8. The van der Waals surface area contributed by atoms with Gasteiger partial charge in [-0.1, -0.05) is 25.0 Å². The molecule has 1 N–H and O–H groups in total. The van der Waals surface area contributed by atoms with Gasteiger partial charge in [0.25, 0.3) is 0 Å². The van der Waals surface area contributed by atoms with Gasteiger partial charge < -0.3 is 9.84 Å². The van der Waals surface area contributed by atoms with Gasteiger partial charge in [0.05, 0.1) is 6.10 Å². The maximum absolute atomic E-state index is 12.0.